The topological polar surface area (TPSA) is 54.0 Å². The molecule has 2 aromatic carbocycles. The summed E-state index contributed by atoms with van der Waals surface area (Å²) in [5.74, 6) is 0.757. The second-order valence-corrected chi connectivity index (χ2v) is 8.01. The smallest absolute Gasteiger partial charge is 0.224 e. The lowest BCUT2D eigenvalue weighted by atomic mass is 10.0. The fourth-order valence-corrected chi connectivity index (χ4v) is 4.40. The van der Waals surface area contributed by atoms with Crippen LogP contribution in [0.25, 0.3) is 10.2 Å². The lowest BCUT2D eigenvalue weighted by Gasteiger charge is -2.09. The third-order valence-corrected chi connectivity index (χ3v) is 5.91. The van der Waals surface area contributed by atoms with E-state index in [1.165, 1.54) is 16.7 Å². The number of hydrogen-bond acceptors (Lipinski definition) is 4. The highest BCUT2D eigenvalue weighted by atomic mass is 35.5. The Hall–Kier alpha value is -1.95. The van der Waals surface area contributed by atoms with Gasteiger partial charge in [0.05, 0.1) is 15.2 Å². The zero-order chi connectivity index (χ0) is 17.8. The number of anilines is 1. The molecule has 0 aliphatic carbocycles. The maximum absolute atomic E-state index is 12.1. The van der Waals surface area contributed by atoms with Crippen LogP contribution in [-0.4, -0.2) is 24.0 Å². The summed E-state index contributed by atoms with van der Waals surface area (Å²) in [6.45, 7) is 2.14. The first-order valence-electron chi connectivity index (χ1n) is 9.20. The monoisotopic (exact) mass is 401 g/mol. The van der Waals surface area contributed by atoms with Gasteiger partial charge in [0.1, 0.15) is 0 Å². The van der Waals surface area contributed by atoms with E-state index in [-0.39, 0.29) is 18.3 Å². The zero-order valence-electron chi connectivity index (χ0n) is 15.1. The number of amides is 1. The number of nitrogens with one attached hydrogen (secondary N) is 2. The minimum absolute atomic E-state index is 0. The van der Waals surface area contributed by atoms with Crippen LogP contribution in [0.2, 0.25) is 0 Å². The average molecular weight is 402 g/mol. The van der Waals surface area contributed by atoms with Gasteiger partial charge in [0.25, 0.3) is 0 Å². The van der Waals surface area contributed by atoms with Gasteiger partial charge in [-0.05, 0) is 61.7 Å². The molecular formula is C21H24ClN3OS. The SMILES string of the molecule is Cl.O=C(CCC1CCNC1)Nc1ccc(Cc2nc3ccccc3s2)cc1. The molecule has 1 unspecified atom stereocenters. The van der Waals surface area contributed by atoms with E-state index in [0.717, 1.165) is 42.1 Å². The van der Waals surface area contributed by atoms with E-state index in [9.17, 15) is 4.79 Å². The molecule has 1 aromatic heterocycles. The summed E-state index contributed by atoms with van der Waals surface area (Å²) in [4.78, 5) is 16.8. The molecule has 1 atom stereocenters. The van der Waals surface area contributed by atoms with Crippen molar-refractivity contribution in [1.29, 1.82) is 0 Å². The molecule has 4 rings (SSSR count). The Kier molecular flexibility index (Phi) is 6.83. The average Bonchev–Trinajstić information content (AvgIpc) is 3.30. The Morgan fingerprint density at radius 3 is 2.74 bits per heavy atom. The maximum atomic E-state index is 12.1. The molecule has 142 valence electrons. The number of aromatic nitrogens is 1. The molecule has 6 heteroatoms. The molecular weight excluding hydrogens is 378 g/mol. The van der Waals surface area contributed by atoms with Crippen molar-refractivity contribution in [3.8, 4) is 0 Å². The Labute approximate surface area is 169 Å². The van der Waals surface area contributed by atoms with Gasteiger partial charge in [0.2, 0.25) is 5.91 Å². The van der Waals surface area contributed by atoms with E-state index in [2.05, 4.69) is 39.9 Å². The van der Waals surface area contributed by atoms with Crippen LogP contribution in [0.1, 0.15) is 29.8 Å². The highest BCUT2D eigenvalue weighted by molar-refractivity contribution is 7.18. The second-order valence-electron chi connectivity index (χ2n) is 6.89. The first kappa shape index (κ1) is 19.8. The number of carbonyl (C=O) groups excluding carboxylic acids is 1. The molecule has 1 amide bonds. The van der Waals surface area contributed by atoms with Crippen LogP contribution in [0, 0.1) is 5.92 Å². The van der Waals surface area contributed by atoms with Gasteiger partial charge in [0, 0.05) is 18.5 Å². The van der Waals surface area contributed by atoms with Crippen molar-refractivity contribution in [3.05, 3.63) is 59.1 Å². The Morgan fingerprint density at radius 1 is 1.19 bits per heavy atom. The third kappa shape index (κ3) is 5.28. The van der Waals surface area contributed by atoms with Crippen molar-refractivity contribution in [3.63, 3.8) is 0 Å². The number of halogens is 1. The van der Waals surface area contributed by atoms with Gasteiger partial charge in [-0.2, -0.15) is 0 Å². The number of benzene rings is 2. The molecule has 1 saturated heterocycles. The summed E-state index contributed by atoms with van der Waals surface area (Å²) in [6, 6.07) is 16.3. The van der Waals surface area contributed by atoms with Crippen molar-refractivity contribution >= 4 is 45.6 Å². The molecule has 0 radical (unpaired) electrons. The van der Waals surface area contributed by atoms with Crippen LogP contribution in [0.4, 0.5) is 5.69 Å². The predicted octanol–water partition coefficient (Wildman–Crippen LogP) is 4.64. The van der Waals surface area contributed by atoms with Crippen molar-refractivity contribution < 1.29 is 4.79 Å². The van der Waals surface area contributed by atoms with Gasteiger partial charge in [-0.15, -0.1) is 23.7 Å². The van der Waals surface area contributed by atoms with E-state index in [0.29, 0.717) is 12.3 Å². The fraction of sp³-hybridized carbons (Fsp3) is 0.333. The molecule has 1 aliphatic heterocycles. The Morgan fingerprint density at radius 2 is 2.00 bits per heavy atom. The maximum Gasteiger partial charge on any atom is 0.224 e. The quantitative estimate of drug-likeness (QED) is 0.632. The molecule has 2 heterocycles. The highest BCUT2D eigenvalue weighted by Gasteiger charge is 2.15. The zero-order valence-corrected chi connectivity index (χ0v) is 16.7. The van der Waals surface area contributed by atoms with Crippen molar-refractivity contribution in [2.45, 2.75) is 25.7 Å². The molecule has 0 saturated carbocycles. The minimum Gasteiger partial charge on any atom is -0.326 e. The highest BCUT2D eigenvalue weighted by Crippen LogP contribution is 2.24. The number of para-hydroxylation sites is 1. The molecule has 1 fully saturated rings. The lowest BCUT2D eigenvalue weighted by Crippen LogP contribution is -2.15. The minimum atomic E-state index is 0. The molecule has 4 nitrogen and oxygen atoms in total. The standard InChI is InChI=1S/C21H23N3OS.ClH/c25-20(10-7-16-11-12-22-14-16)23-17-8-5-15(6-9-17)13-21-24-18-3-1-2-4-19(18)26-21;/h1-6,8-9,16,22H,7,10-14H2,(H,23,25);1H. The summed E-state index contributed by atoms with van der Waals surface area (Å²) in [6.07, 6.45) is 3.57. The van der Waals surface area contributed by atoms with E-state index < -0.39 is 0 Å². The lowest BCUT2D eigenvalue weighted by molar-refractivity contribution is -0.116. The van der Waals surface area contributed by atoms with Crippen LogP contribution >= 0.6 is 23.7 Å². The van der Waals surface area contributed by atoms with Crippen molar-refractivity contribution in [1.82, 2.24) is 10.3 Å². The van der Waals surface area contributed by atoms with Crippen LogP contribution < -0.4 is 10.6 Å². The summed E-state index contributed by atoms with van der Waals surface area (Å²) >= 11 is 1.74. The van der Waals surface area contributed by atoms with E-state index in [1.807, 2.05) is 24.3 Å². The van der Waals surface area contributed by atoms with E-state index in [1.54, 1.807) is 11.3 Å². The largest absolute Gasteiger partial charge is 0.326 e. The summed E-state index contributed by atoms with van der Waals surface area (Å²) < 4.78 is 1.23. The predicted molar refractivity (Wildman–Crippen MR) is 115 cm³/mol. The number of thiazole rings is 1. The van der Waals surface area contributed by atoms with Crippen LogP contribution in [0.5, 0.6) is 0 Å². The first-order chi connectivity index (χ1) is 12.8. The van der Waals surface area contributed by atoms with Gasteiger partial charge in [-0.25, -0.2) is 4.98 Å². The Bertz CT molecular complexity index is 855. The number of nitrogens with zero attached hydrogens (tertiary/aromatic N) is 1. The Balaban J connectivity index is 0.00000210. The number of fused-ring (bicyclic) bond motifs is 1. The van der Waals surface area contributed by atoms with Gasteiger partial charge < -0.3 is 10.6 Å². The van der Waals surface area contributed by atoms with Gasteiger partial charge in [-0.3, -0.25) is 4.79 Å². The number of carbonyl (C=O) groups is 1. The molecule has 0 spiro atoms. The molecule has 27 heavy (non-hydrogen) atoms. The van der Waals surface area contributed by atoms with Gasteiger partial charge >= 0.3 is 0 Å². The third-order valence-electron chi connectivity index (χ3n) is 4.87. The van der Waals surface area contributed by atoms with Crippen LogP contribution in [0.3, 0.4) is 0 Å². The van der Waals surface area contributed by atoms with E-state index in [4.69, 9.17) is 0 Å². The number of hydrogen-bond donors (Lipinski definition) is 2. The fourth-order valence-electron chi connectivity index (χ4n) is 3.40. The van der Waals surface area contributed by atoms with Gasteiger partial charge in [0.15, 0.2) is 0 Å². The van der Waals surface area contributed by atoms with Crippen molar-refractivity contribution in [2.24, 2.45) is 5.92 Å². The van der Waals surface area contributed by atoms with E-state index >= 15 is 0 Å². The molecule has 0 bridgehead atoms. The molecule has 2 N–H and O–H groups in total. The number of rotatable bonds is 6. The van der Waals surface area contributed by atoms with Crippen LogP contribution in [-0.2, 0) is 11.2 Å². The summed E-state index contributed by atoms with van der Waals surface area (Å²) in [5, 5.41) is 7.47. The van der Waals surface area contributed by atoms with Gasteiger partial charge in [-0.1, -0.05) is 24.3 Å². The summed E-state index contributed by atoms with van der Waals surface area (Å²) in [5.41, 5.74) is 3.14. The van der Waals surface area contributed by atoms with Crippen molar-refractivity contribution in [2.75, 3.05) is 18.4 Å². The molecule has 1 aliphatic rings. The normalized spacial score (nSPS) is 16.2. The first-order valence-corrected chi connectivity index (χ1v) is 10.0. The van der Waals surface area contributed by atoms with Crippen LogP contribution in [0.15, 0.2) is 48.5 Å². The summed E-state index contributed by atoms with van der Waals surface area (Å²) in [7, 11) is 0. The second kappa shape index (κ2) is 9.31. The molecule has 3 aromatic rings.